The maximum atomic E-state index is 12.4. The fourth-order valence-corrected chi connectivity index (χ4v) is 2.77. The van der Waals surface area contributed by atoms with Crippen molar-refractivity contribution in [2.45, 2.75) is 33.2 Å². The van der Waals surface area contributed by atoms with E-state index in [0.717, 1.165) is 28.6 Å². The molecule has 2 unspecified atom stereocenters. The molecule has 1 amide bonds. The van der Waals surface area contributed by atoms with Gasteiger partial charge in [0, 0.05) is 22.6 Å². The van der Waals surface area contributed by atoms with Gasteiger partial charge in [0.05, 0.1) is 0 Å². The predicted octanol–water partition coefficient (Wildman–Crippen LogP) is 3.63. The average Bonchev–Trinajstić information content (AvgIpc) is 2.61. The van der Waals surface area contributed by atoms with Crippen LogP contribution in [0.4, 0.5) is 0 Å². The lowest BCUT2D eigenvalue weighted by Crippen LogP contribution is -2.33. The molecule has 1 heterocycles. The molecule has 0 aliphatic carbocycles. The Labute approximate surface area is 111 Å². The van der Waals surface area contributed by atoms with E-state index in [1.54, 1.807) is 0 Å². The van der Waals surface area contributed by atoms with Gasteiger partial charge in [0.15, 0.2) is 0 Å². The van der Waals surface area contributed by atoms with Gasteiger partial charge in [0.2, 0.25) is 0 Å². The predicted molar refractivity (Wildman–Crippen MR) is 73.2 cm³/mol. The van der Waals surface area contributed by atoms with Crippen LogP contribution in [0.15, 0.2) is 22.7 Å². The SMILES string of the molecule is Cc1cc(C(=O)N2CC(C)CC2C)ccc1Br. The Balaban J connectivity index is 2.22. The van der Waals surface area contributed by atoms with Gasteiger partial charge in [-0.25, -0.2) is 0 Å². The van der Waals surface area contributed by atoms with E-state index in [1.165, 1.54) is 0 Å². The maximum absolute atomic E-state index is 12.4. The van der Waals surface area contributed by atoms with Crippen LogP contribution in [0.3, 0.4) is 0 Å². The minimum absolute atomic E-state index is 0.164. The zero-order valence-electron chi connectivity index (χ0n) is 10.5. The summed E-state index contributed by atoms with van der Waals surface area (Å²) < 4.78 is 1.05. The summed E-state index contributed by atoms with van der Waals surface area (Å²) in [5.74, 6) is 0.781. The zero-order chi connectivity index (χ0) is 12.6. The molecule has 1 aliphatic rings. The molecule has 1 aromatic rings. The number of carbonyl (C=O) groups excluding carboxylic acids is 1. The number of nitrogens with zero attached hydrogens (tertiary/aromatic N) is 1. The summed E-state index contributed by atoms with van der Waals surface area (Å²) in [7, 11) is 0. The summed E-state index contributed by atoms with van der Waals surface area (Å²) in [5.41, 5.74) is 1.90. The van der Waals surface area contributed by atoms with Crippen LogP contribution < -0.4 is 0 Å². The monoisotopic (exact) mass is 295 g/mol. The molecule has 2 atom stereocenters. The van der Waals surface area contributed by atoms with E-state index < -0.39 is 0 Å². The second kappa shape index (κ2) is 4.81. The van der Waals surface area contributed by atoms with Gasteiger partial charge < -0.3 is 4.90 Å². The minimum Gasteiger partial charge on any atom is -0.336 e. The molecule has 0 N–H and O–H groups in total. The summed E-state index contributed by atoms with van der Waals surface area (Å²) in [5, 5.41) is 0. The van der Waals surface area contributed by atoms with Crippen LogP contribution in [0.2, 0.25) is 0 Å². The highest BCUT2D eigenvalue weighted by Crippen LogP contribution is 2.25. The van der Waals surface area contributed by atoms with Gasteiger partial charge in [-0.2, -0.15) is 0 Å². The van der Waals surface area contributed by atoms with Crippen molar-refractivity contribution in [2.75, 3.05) is 6.54 Å². The van der Waals surface area contributed by atoms with Crippen LogP contribution in [0.5, 0.6) is 0 Å². The largest absolute Gasteiger partial charge is 0.336 e. The van der Waals surface area contributed by atoms with E-state index in [1.807, 2.05) is 30.0 Å². The van der Waals surface area contributed by atoms with Crippen molar-refractivity contribution in [3.05, 3.63) is 33.8 Å². The first kappa shape index (κ1) is 12.6. The Morgan fingerprint density at radius 2 is 2.12 bits per heavy atom. The van der Waals surface area contributed by atoms with Crippen LogP contribution >= 0.6 is 15.9 Å². The van der Waals surface area contributed by atoms with Gasteiger partial charge >= 0.3 is 0 Å². The molecule has 1 aromatic carbocycles. The number of likely N-dealkylation sites (tertiary alicyclic amines) is 1. The molecule has 0 saturated carbocycles. The van der Waals surface area contributed by atoms with Gasteiger partial charge in [-0.3, -0.25) is 4.79 Å². The van der Waals surface area contributed by atoms with E-state index in [2.05, 4.69) is 29.8 Å². The summed E-state index contributed by atoms with van der Waals surface area (Å²) in [6.07, 6.45) is 1.11. The second-order valence-electron chi connectivity index (χ2n) is 5.11. The van der Waals surface area contributed by atoms with Crippen molar-refractivity contribution in [1.29, 1.82) is 0 Å². The molecule has 1 fully saturated rings. The molecular formula is C14H18BrNO. The van der Waals surface area contributed by atoms with Gasteiger partial charge in [-0.15, -0.1) is 0 Å². The number of halogens is 1. The fraction of sp³-hybridized carbons (Fsp3) is 0.500. The Hall–Kier alpha value is -0.830. The lowest BCUT2D eigenvalue weighted by Gasteiger charge is -2.21. The topological polar surface area (TPSA) is 20.3 Å². The first-order valence-electron chi connectivity index (χ1n) is 6.06. The van der Waals surface area contributed by atoms with Crippen molar-refractivity contribution in [1.82, 2.24) is 4.90 Å². The zero-order valence-corrected chi connectivity index (χ0v) is 12.1. The normalized spacial score (nSPS) is 24.1. The lowest BCUT2D eigenvalue weighted by molar-refractivity contribution is 0.0743. The quantitative estimate of drug-likeness (QED) is 0.775. The number of hydrogen-bond acceptors (Lipinski definition) is 1. The molecule has 0 bridgehead atoms. The molecule has 0 spiro atoms. The Kier molecular flexibility index (Phi) is 3.57. The molecule has 17 heavy (non-hydrogen) atoms. The van der Waals surface area contributed by atoms with Gasteiger partial charge in [0.1, 0.15) is 0 Å². The van der Waals surface area contributed by atoms with Crippen molar-refractivity contribution >= 4 is 21.8 Å². The Bertz CT molecular complexity index is 444. The molecule has 0 aromatic heterocycles. The minimum atomic E-state index is 0.164. The Morgan fingerprint density at radius 1 is 1.41 bits per heavy atom. The van der Waals surface area contributed by atoms with Crippen LogP contribution in [-0.4, -0.2) is 23.4 Å². The van der Waals surface area contributed by atoms with Crippen LogP contribution in [0, 0.1) is 12.8 Å². The molecule has 0 radical (unpaired) electrons. The summed E-state index contributed by atoms with van der Waals surface area (Å²) in [4.78, 5) is 14.4. The number of rotatable bonds is 1. The highest BCUT2D eigenvalue weighted by molar-refractivity contribution is 9.10. The van der Waals surface area contributed by atoms with Crippen molar-refractivity contribution in [3.63, 3.8) is 0 Å². The van der Waals surface area contributed by atoms with Crippen molar-refractivity contribution < 1.29 is 4.79 Å². The van der Waals surface area contributed by atoms with E-state index in [4.69, 9.17) is 0 Å². The number of amides is 1. The first-order chi connectivity index (χ1) is 7.99. The van der Waals surface area contributed by atoms with E-state index in [9.17, 15) is 4.79 Å². The third kappa shape index (κ3) is 2.54. The maximum Gasteiger partial charge on any atom is 0.254 e. The average molecular weight is 296 g/mol. The third-order valence-corrected chi connectivity index (χ3v) is 4.34. The molecule has 3 heteroatoms. The molecule has 92 valence electrons. The molecular weight excluding hydrogens is 278 g/mol. The standard InChI is InChI=1S/C14H18BrNO/c1-9-6-11(3)16(8-9)14(17)12-4-5-13(15)10(2)7-12/h4-5,7,9,11H,6,8H2,1-3H3. The van der Waals surface area contributed by atoms with E-state index >= 15 is 0 Å². The second-order valence-corrected chi connectivity index (χ2v) is 5.97. The highest BCUT2D eigenvalue weighted by atomic mass is 79.9. The van der Waals surface area contributed by atoms with Gasteiger partial charge in [-0.05, 0) is 49.9 Å². The fourth-order valence-electron chi connectivity index (χ4n) is 2.53. The highest BCUT2D eigenvalue weighted by Gasteiger charge is 2.30. The third-order valence-electron chi connectivity index (χ3n) is 3.45. The molecule has 2 rings (SSSR count). The Morgan fingerprint density at radius 3 is 2.65 bits per heavy atom. The summed E-state index contributed by atoms with van der Waals surface area (Å²) in [6, 6.07) is 6.17. The van der Waals surface area contributed by atoms with Crippen molar-refractivity contribution in [3.8, 4) is 0 Å². The van der Waals surface area contributed by atoms with Crippen LogP contribution in [0.1, 0.15) is 36.2 Å². The van der Waals surface area contributed by atoms with Gasteiger partial charge in [-0.1, -0.05) is 22.9 Å². The van der Waals surface area contributed by atoms with Crippen LogP contribution in [0.25, 0.3) is 0 Å². The van der Waals surface area contributed by atoms with Crippen LogP contribution in [-0.2, 0) is 0 Å². The summed E-state index contributed by atoms with van der Waals surface area (Å²) in [6.45, 7) is 7.23. The number of aryl methyl sites for hydroxylation is 1. The number of benzene rings is 1. The van der Waals surface area contributed by atoms with Gasteiger partial charge in [0.25, 0.3) is 5.91 Å². The number of hydrogen-bond donors (Lipinski definition) is 0. The molecule has 2 nitrogen and oxygen atoms in total. The van der Waals surface area contributed by atoms with E-state index in [-0.39, 0.29) is 5.91 Å². The first-order valence-corrected chi connectivity index (χ1v) is 6.85. The smallest absolute Gasteiger partial charge is 0.254 e. The van der Waals surface area contributed by atoms with E-state index in [0.29, 0.717) is 12.0 Å². The lowest BCUT2D eigenvalue weighted by atomic mass is 10.1. The summed E-state index contributed by atoms with van der Waals surface area (Å²) >= 11 is 3.46. The number of carbonyl (C=O) groups is 1. The molecule has 1 saturated heterocycles. The van der Waals surface area contributed by atoms with Crippen molar-refractivity contribution in [2.24, 2.45) is 5.92 Å². The molecule has 1 aliphatic heterocycles.